The SMILES string of the molecule is CC[NH+](CC)CCSc1ncccc1Cl.[Cl-]. The quantitative estimate of drug-likeness (QED) is 0.657. The Morgan fingerprint density at radius 2 is 2.06 bits per heavy atom. The molecule has 0 saturated carbocycles. The number of rotatable bonds is 6. The third-order valence-corrected chi connectivity index (χ3v) is 3.84. The number of nitrogens with one attached hydrogen (secondary N) is 1. The predicted octanol–water partition coefficient (Wildman–Crippen LogP) is -1.24. The first-order valence-electron chi connectivity index (χ1n) is 5.34. The first kappa shape index (κ1) is 16.0. The van der Waals surface area contributed by atoms with Gasteiger partial charge in [-0.2, -0.15) is 0 Å². The Morgan fingerprint density at radius 1 is 1.38 bits per heavy atom. The maximum absolute atomic E-state index is 6.02. The van der Waals surface area contributed by atoms with E-state index in [0.717, 1.165) is 15.8 Å². The zero-order valence-corrected chi connectivity index (χ0v) is 12.0. The van der Waals surface area contributed by atoms with Crippen LogP contribution in [0, 0.1) is 0 Å². The molecule has 1 aromatic rings. The lowest BCUT2D eigenvalue weighted by atomic mass is 10.5. The molecule has 0 aromatic carbocycles. The number of hydrogen-bond acceptors (Lipinski definition) is 2. The molecule has 0 atom stereocenters. The summed E-state index contributed by atoms with van der Waals surface area (Å²) in [5, 5.41) is 1.71. The van der Waals surface area contributed by atoms with E-state index >= 15 is 0 Å². The molecule has 0 radical (unpaired) electrons. The van der Waals surface area contributed by atoms with Crippen LogP contribution in [0.1, 0.15) is 13.8 Å². The van der Waals surface area contributed by atoms with Crippen LogP contribution in [-0.4, -0.2) is 30.4 Å². The lowest BCUT2D eigenvalue weighted by molar-refractivity contribution is -0.893. The van der Waals surface area contributed by atoms with E-state index in [2.05, 4.69) is 18.8 Å². The van der Waals surface area contributed by atoms with Gasteiger partial charge in [0, 0.05) is 11.9 Å². The standard InChI is InChI=1S/C11H17ClN2S.ClH/c1-3-14(4-2)8-9-15-11-10(12)6-5-7-13-11;/h5-7H,3-4,8-9H2,1-2H3;1H. The highest BCUT2D eigenvalue weighted by molar-refractivity contribution is 7.99. The summed E-state index contributed by atoms with van der Waals surface area (Å²) in [6.45, 7) is 7.99. The normalized spacial score (nSPS) is 10.2. The van der Waals surface area contributed by atoms with Crippen molar-refractivity contribution in [1.82, 2.24) is 4.98 Å². The van der Waals surface area contributed by atoms with Gasteiger partial charge in [-0.15, -0.1) is 0 Å². The van der Waals surface area contributed by atoms with Crippen molar-refractivity contribution >= 4 is 23.4 Å². The topological polar surface area (TPSA) is 17.3 Å². The third-order valence-electron chi connectivity index (χ3n) is 2.42. The summed E-state index contributed by atoms with van der Waals surface area (Å²) in [7, 11) is 0. The molecular formula is C11H18Cl2N2S. The molecule has 0 saturated heterocycles. The van der Waals surface area contributed by atoms with Gasteiger partial charge in [0.05, 0.1) is 24.7 Å². The van der Waals surface area contributed by atoms with E-state index in [-0.39, 0.29) is 12.4 Å². The average Bonchev–Trinajstić information content (AvgIpc) is 2.27. The van der Waals surface area contributed by atoms with Crippen molar-refractivity contribution in [1.29, 1.82) is 0 Å². The number of aromatic nitrogens is 1. The molecule has 0 aliphatic carbocycles. The predicted molar refractivity (Wildman–Crippen MR) is 66.9 cm³/mol. The van der Waals surface area contributed by atoms with Crippen molar-refractivity contribution in [3.8, 4) is 0 Å². The van der Waals surface area contributed by atoms with Crippen molar-refractivity contribution in [3.05, 3.63) is 23.4 Å². The number of nitrogens with zero attached hydrogens (tertiary/aromatic N) is 1. The van der Waals surface area contributed by atoms with Gasteiger partial charge in [-0.1, -0.05) is 23.4 Å². The van der Waals surface area contributed by atoms with E-state index in [4.69, 9.17) is 11.6 Å². The third kappa shape index (κ3) is 5.39. The Bertz CT molecular complexity index is 293. The van der Waals surface area contributed by atoms with Gasteiger partial charge in [-0.05, 0) is 26.0 Å². The molecule has 0 spiro atoms. The molecule has 2 nitrogen and oxygen atoms in total. The molecule has 92 valence electrons. The van der Waals surface area contributed by atoms with Crippen LogP contribution in [0.25, 0.3) is 0 Å². The summed E-state index contributed by atoms with van der Waals surface area (Å²) in [5.41, 5.74) is 0. The molecule has 16 heavy (non-hydrogen) atoms. The summed E-state index contributed by atoms with van der Waals surface area (Å²) in [6.07, 6.45) is 1.79. The largest absolute Gasteiger partial charge is 1.00 e. The van der Waals surface area contributed by atoms with Gasteiger partial charge in [0.25, 0.3) is 0 Å². The van der Waals surface area contributed by atoms with Gasteiger partial charge >= 0.3 is 0 Å². The second kappa shape index (κ2) is 9.11. The van der Waals surface area contributed by atoms with E-state index < -0.39 is 0 Å². The summed E-state index contributed by atoms with van der Waals surface area (Å²) in [6, 6.07) is 3.75. The molecule has 1 rings (SSSR count). The summed E-state index contributed by atoms with van der Waals surface area (Å²) in [5.74, 6) is 1.08. The number of quaternary nitrogens is 1. The van der Waals surface area contributed by atoms with Crippen LogP contribution in [-0.2, 0) is 0 Å². The van der Waals surface area contributed by atoms with Gasteiger partial charge in [0.2, 0.25) is 0 Å². The van der Waals surface area contributed by atoms with Crippen LogP contribution in [0.15, 0.2) is 23.4 Å². The van der Waals surface area contributed by atoms with E-state index in [1.165, 1.54) is 19.6 Å². The highest BCUT2D eigenvalue weighted by Gasteiger charge is 2.05. The smallest absolute Gasteiger partial charge is 0.115 e. The summed E-state index contributed by atoms with van der Waals surface area (Å²) in [4.78, 5) is 5.87. The van der Waals surface area contributed by atoms with Crippen LogP contribution in [0.2, 0.25) is 5.02 Å². The molecule has 1 aromatic heterocycles. The van der Waals surface area contributed by atoms with Crippen LogP contribution in [0.5, 0.6) is 0 Å². The van der Waals surface area contributed by atoms with E-state index in [9.17, 15) is 0 Å². The maximum Gasteiger partial charge on any atom is 0.115 e. The second-order valence-corrected chi connectivity index (χ2v) is 4.84. The molecule has 0 unspecified atom stereocenters. The van der Waals surface area contributed by atoms with Gasteiger partial charge < -0.3 is 17.3 Å². The molecule has 5 heteroatoms. The molecule has 0 amide bonds. The Balaban J connectivity index is 0.00000225. The molecule has 0 aliphatic heterocycles. The Labute approximate surface area is 113 Å². The fourth-order valence-corrected chi connectivity index (χ4v) is 2.58. The minimum atomic E-state index is 0. The van der Waals surface area contributed by atoms with E-state index in [1.54, 1.807) is 22.9 Å². The fourth-order valence-electron chi connectivity index (χ4n) is 1.37. The molecular weight excluding hydrogens is 263 g/mol. The Kier molecular flexibility index (Phi) is 9.13. The molecule has 1 heterocycles. The molecule has 0 bridgehead atoms. The number of hydrogen-bond donors (Lipinski definition) is 1. The first-order valence-corrected chi connectivity index (χ1v) is 6.71. The van der Waals surface area contributed by atoms with E-state index in [0.29, 0.717) is 0 Å². The average molecular weight is 281 g/mol. The fraction of sp³-hybridized carbons (Fsp3) is 0.545. The van der Waals surface area contributed by atoms with Crippen molar-refractivity contribution in [3.63, 3.8) is 0 Å². The van der Waals surface area contributed by atoms with E-state index in [1.807, 2.05) is 12.1 Å². The molecule has 0 fully saturated rings. The maximum atomic E-state index is 6.02. The van der Waals surface area contributed by atoms with Gasteiger partial charge in [-0.25, -0.2) is 4.98 Å². The Hall–Kier alpha value is 0.0400. The van der Waals surface area contributed by atoms with Gasteiger partial charge in [-0.3, -0.25) is 0 Å². The lowest BCUT2D eigenvalue weighted by Crippen LogP contribution is -3.11. The second-order valence-electron chi connectivity index (χ2n) is 3.35. The van der Waals surface area contributed by atoms with Crippen molar-refractivity contribution in [2.45, 2.75) is 18.9 Å². The molecule has 0 aliphatic rings. The monoisotopic (exact) mass is 280 g/mol. The van der Waals surface area contributed by atoms with Crippen LogP contribution in [0.4, 0.5) is 0 Å². The van der Waals surface area contributed by atoms with Crippen molar-refractivity contribution < 1.29 is 17.3 Å². The minimum Gasteiger partial charge on any atom is -1.00 e. The first-order chi connectivity index (χ1) is 7.27. The van der Waals surface area contributed by atoms with Crippen LogP contribution >= 0.6 is 23.4 Å². The van der Waals surface area contributed by atoms with Crippen molar-refractivity contribution in [2.24, 2.45) is 0 Å². The Morgan fingerprint density at radius 3 is 2.62 bits per heavy atom. The highest BCUT2D eigenvalue weighted by Crippen LogP contribution is 2.23. The molecule has 1 N–H and O–H groups in total. The zero-order valence-electron chi connectivity index (χ0n) is 9.67. The van der Waals surface area contributed by atoms with Crippen LogP contribution in [0.3, 0.4) is 0 Å². The number of pyridine rings is 1. The highest BCUT2D eigenvalue weighted by atomic mass is 35.5. The van der Waals surface area contributed by atoms with Gasteiger partial charge in [0.15, 0.2) is 0 Å². The number of halogens is 2. The summed E-state index contributed by atoms with van der Waals surface area (Å²) < 4.78 is 0. The van der Waals surface area contributed by atoms with Crippen molar-refractivity contribution in [2.75, 3.05) is 25.4 Å². The number of thioether (sulfide) groups is 1. The lowest BCUT2D eigenvalue weighted by Gasteiger charge is -2.14. The minimum absolute atomic E-state index is 0. The zero-order chi connectivity index (χ0) is 11.1. The van der Waals surface area contributed by atoms with Crippen LogP contribution < -0.4 is 17.3 Å². The van der Waals surface area contributed by atoms with Gasteiger partial charge in [0.1, 0.15) is 5.03 Å². The summed E-state index contributed by atoms with van der Waals surface area (Å²) >= 11 is 7.76.